The maximum atomic E-state index is 5.35. The van der Waals surface area contributed by atoms with Crippen LogP contribution in [-0.2, 0) is 26.7 Å². The summed E-state index contributed by atoms with van der Waals surface area (Å²) in [5.41, 5.74) is 1.28. The van der Waals surface area contributed by atoms with Crippen LogP contribution in [-0.4, -0.2) is 34.7 Å². The quantitative estimate of drug-likeness (QED) is 0.692. The number of hydrogen-bond donors (Lipinski definition) is 0. The van der Waals surface area contributed by atoms with Gasteiger partial charge in [0.1, 0.15) is 0 Å². The van der Waals surface area contributed by atoms with Gasteiger partial charge in [-0.05, 0) is 18.1 Å². The molecule has 15 heavy (non-hydrogen) atoms. The van der Waals surface area contributed by atoms with E-state index in [9.17, 15) is 0 Å². The zero-order valence-electron chi connectivity index (χ0n) is 9.82. The molecule has 5 heteroatoms. The first-order chi connectivity index (χ1) is 7.15. The Balaban J connectivity index is 2.54. The molecular formula is C10H19NO3Si. The van der Waals surface area contributed by atoms with Crippen LogP contribution in [0.2, 0.25) is 6.04 Å². The molecule has 0 radical (unpaired) electrons. The largest absolute Gasteiger partial charge is 0.500 e. The molecule has 1 aromatic rings. The van der Waals surface area contributed by atoms with Crippen molar-refractivity contribution >= 4 is 8.80 Å². The molecule has 4 nitrogen and oxygen atoms in total. The monoisotopic (exact) mass is 229 g/mol. The third kappa shape index (κ3) is 3.17. The van der Waals surface area contributed by atoms with Crippen molar-refractivity contribution in [2.45, 2.75) is 12.5 Å². The predicted octanol–water partition coefficient (Wildman–Crippen LogP) is 1.45. The van der Waals surface area contributed by atoms with Crippen LogP contribution in [0.1, 0.15) is 5.56 Å². The molecule has 0 N–H and O–H groups in total. The minimum atomic E-state index is -2.40. The van der Waals surface area contributed by atoms with Gasteiger partial charge in [-0.3, -0.25) is 0 Å². The van der Waals surface area contributed by atoms with Crippen molar-refractivity contribution in [3.8, 4) is 0 Å². The molecule has 1 rings (SSSR count). The maximum absolute atomic E-state index is 5.35. The number of aryl methyl sites for hydroxylation is 2. The SMILES string of the molecule is CO[Si](CCc1ccn(C)c1)(OC)OC. The zero-order chi connectivity index (χ0) is 11.3. The average Bonchev–Trinajstić information content (AvgIpc) is 2.67. The third-order valence-electron chi connectivity index (χ3n) is 2.55. The summed E-state index contributed by atoms with van der Waals surface area (Å²) in [6, 6.07) is 2.90. The topological polar surface area (TPSA) is 32.6 Å². The Kier molecular flexibility index (Phi) is 4.53. The van der Waals surface area contributed by atoms with Crippen molar-refractivity contribution in [2.24, 2.45) is 7.05 Å². The molecule has 0 aromatic carbocycles. The zero-order valence-corrected chi connectivity index (χ0v) is 10.8. The summed E-state index contributed by atoms with van der Waals surface area (Å²) in [4.78, 5) is 0. The van der Waals surface area contributed by atoms with E-state index in [-0.39, 0.29) is 0 Å². The van der Waals surface area contributed by atoms with Crippen molar-refractivity contribution < 1.29 is 13.3 Å². The molecule has 0 saturated heterocycles. The van der Waals surface area contributed by atoms with Gasteiger partial charge in [-0.25, -0.2) is 0 Å². The highest BCUT2D eigenvalue weighted by Gasteiger charge is 2.37. The van der Waals surface area contributed by atoms with Crippen molar-refractivity contribution in [3.63, 3.8) is 0 Å². The van der Waals surface area contributed by atoms with E-state index < -0.39 is 8.80 Å². The van der Waals surface area contributed by atoms with Crippen LogP contribution >= 0.6 is 0 Å². The number of aromatic nitrogens is 1. The lowest BCUT2D eigenvalue weighted by molar-refractivity contribution is 0.123. The number of nitrogens with zero attached hydrogens (tertiary/aromatic N) is 1. The highest BCUT2D eigenvalue weighted by Crippen LogP contribution is 2.16. The number of hydrogen-bond acceptors (Lipinski definition) is 3. The Morgan fingerprint density at radius 3 is 2.20 bits per heavy atom. The second kappa shape index (κ2) is 5.46. The fourth-order valence-corrected chi connectivity index (χ4v) is 3.27. The summed E-state index contributed by atoms with van der Waals surface area (Å²) in [5, 5.41) is 0. The molecule has 1 heterocycles. The molecule has 0 aliphatic carbocycles. The summed E-state index contributed by atoms with van der Waals surface area (Å²) < 4.78 is 18.1. The summed E-state index contributed by atoms with van der Waals surface area (Å²) in [6.45, 7) is 0. The highest BCUT2D eigenvalue weighted by atomic mass is 28.4. The lowest BCUT2D eigenvalue weighted by Gasteiger charge is -2.23. The minimum Gasteiger partial charge on any atom is -0.377 e. The molecule has 86 valence electrons. The second-order valence-electron chi connectivity index (χ2n) is 3.48. The van der Waals surface area contributed by atoms with Crippen molar-refractivity contribution in [1.82, 2.24) is 4.57 Å². The average molecular weight is 229 g/mol. The van der Waals surface area contributed by atoms with E-state index in [1.165, 1.54) is 5.56 Å². The number of rotatable bonds is 6. The fraction of sp³-hybridized carbons (Fsp3) is 0.600. The van der Waals surface area contributed by atoms with Crippen molar-refractivity contribution in [2.75, 3.05) is 21.3 Å². The van der Waals surface area contributed by atoms with E-state index in [2.05, 4.69) is 12.3 Å². The molecule has 0 bridgehead atoms. The van der Waals surface area contributed by atoms with Gasteiger partial charge >= 0.3 is 8.80 Å². The van der Waals surface area contributed by atoms with Gasteiger partial charge in [0.15, 0.2) is 0 Å². The first-order valence-electron chi connectivity index (χ1n) is 4.92. The summed E-state index contributed by atoms with van der Waals surface area (Å²) >= 11 is 0. The molecule has 0 aliphatic rings. The van der Waals surface area contributed by atoms with Gasteiger partial charge < -0.3 is 17.8 Å². The first-order valence-corrected chi connectivity index (χ1v) is 6.85. The Morgan fingerprint density at radius 2 is 1.80 bits per heavy atom. The van der Waals surface area contributed by atoms with Crippen molar-refractivity contribution in [1.29, 1.82) is 0 Å². The Labute approximate surface area is 92.1 Å². The van der Waals surface area contributed by atoms with Crippen LogP contribution in [0.25, 0.3) is 0 Å². The van der Waals surface area contributed by atoms with Crippen molar-refractivity contribution in [3.05, 3.63) is 24.0 Å². The summed E-state index contributed by atoms with van der Waals surface area (Å²) in [5.74, 6) is 0. The molecule has 0 amide bonds. The Morgan fingerprint density at radius 1 is 1.20 bits per heavy atom. The van der Waals surface area contributed by atoms with E-state index in [0.717, 1.165) is 12.5 Å². The molecule has 0 fully saturated rings. The van der Waals surface area contributed by atoms with Gasteiger partial charge in [0.25, 0.3) is 0 Å². The summed E-state index contributed by atoms with van der Waals surface area (Å²) in [6.07, 6.45) is 5.05. The molecule has 0 unspecified atom stereocenters. The first kappa shape index (κ1) is 12.4. The van der Waals surface area contributed by atoms with E-state index in [1.54, 1.807) is 21.3 Å². The fourth-order valence-electron chi connectivity index (χ4n) is 1.56. The molecule has 0 atom stereocenters. The van der Waals surface area contributed by atoms with E-state index in [0.29, 0.717) is 0 Å². The lowest BCUT2D eigenvalue weighted by atomic mass is 10.3. The van der Waals surface area contributed by atoms with Crippen LogP contribution in [0.15, 0.2) is 18.5 Å². The van der Waals surface area contributed by atoms with Gasteiger partial charge in [0.05, 0.1) is 0 Å². The van der Waals surface area contributed by atoms with Gasteiger partial charge in [0, 0.05) is 46.8 Å². The third-order valence-corrected chi connectivity index (χ3v) is 5.27. The van der Waals surface area contributed by atoms with Gasteiger partial charge in [0.2, 0.25) is 0 Å². The van der Waals surface area contributed by atoms with E-state index in [4.69, 9.17) is 13.3 Å². The van der Waals surface area contributed by atoms with Gasteiger partial charge in [-0.1, -0.05) is 0 Å². The Bertz CT molecular complexity index is 288. The molecular weight excluding hydrogens is 210 g/mol. The molecule has 0 saturated carbocycles. The van der Waals surface area contributed by atoms with Crippen LogP contribution in [0.4, 0.5) is 0 Å². The smallest absolute Gasteiger partial charge is 0.377 e. The second-order valence-corrected chi connectivity index (χ2v) is 6.57. The van der Waals surface area contributed by atoms with Gasteiger partial charge in [-0.2, -0.15) is 0 Å². The Hall–Kier alpha value is -0.623. The minimum absolute atomic E-state index is 0.806. The van der Waals surface area contributed by atoms with Crippen LogP contribution < -0.4 is 0 Å². The van der Waals surface area contributed by atoms with E-state index >= 15 is 0 Å². The molecule has 0 spiro atoms. The normalized spacial score (nSPS) is 12.0. The predicted molar refractivity (Wildman–Crippen MR) is 60.7 cm³/mol. The highest BCUT2D eigenvalue weighted by molar-refractivity contribution is 6.60. The lowest BCUT2D eigenvalue weighted by Crippen LogP contribution is -2.43. The molecule has 0 aliphatic heterocycles. The summed E-state index contributed by atoms with van der Waals surface area (Å²) in [7, 11) is 4.54. The van der Waals surface area contributed by atoms with Crippen LogP contribution in [0.5, 0.6) is 0 Å². The van der Waals surface area contributed by atoms with Crippen LogP contribution in [0.3, 0.4) is 0 Å². The maximum Gasteiger partial charge on any atom is 0.500 e. The molecule has 1 aromatic heterocycles. The van der Waals surface area contributed by atoms with E-state index in [1.807, 2.05) is 17.8 Å². The standard InChI is InChI=1S/C10H19NO3Si/c1-11-7-5-10(9-11)6-8-15(12-2,13-3)14-4/h5,7,9H,6,8H2,1-4H3. The van der Waals surface area contributed by atoms with Crippen LogP contribution in [0, 0.1) is 0 Å². The van der Waals surface area contributed by atoms with Gasteiger partial charge in [-0.15, -0.1) is 0 Å².